The smallest absolute Gasteiger partial charge is 0.316 e. The average molecular weight is 234 g/mol. The number of aromatic amines is 1. The summed E-state index contributed by atoms with van der Waals surface area (Å²) >= 11 is 0. The molecule has 92 valence electrons. The van der Waals surface area contributed by atoms with E-state index < -0.39 is 5.56 Å². The normalized spacial score (nSPS) is 19.8. The van der Waals surface area contributed by atoms with Gasteiger partial charge >= 0.3 is 11.1 Å². The number of aryl methyl sites for hydroxylation is 1. The van der Waals surface area contributed by atoms with Gasteiger partial charge in [0.15, 0.2) is 0 Å². The van der Waals surface area contributed by atoms with Crippen molar-refractivity contribution in [3.8, 4) is 0 Å². The summed E-state index contributed by atoms with van der Waals surface area (Å²) in [7, 11) is 0. The lowest BCUT2D eigenvalue weighted by Crippen LogP contribution is -2.39. The molecule has 0 saturated heterocycles. The van der Waals surface area contributed by atoms with Crippen molar-refractivity contribution in [1.82, 2.24) is 9.55 Å². The van der Waals surface area contributed by atoms with Crippen LogP contribution in [0.2, 0.25) is 0 Å². The highest BCUT2D eigenvalue weighted by Crippen LogP contribution is 2.31. The molecule has 17 heavy (non-hydrogen) atoms. The Morgan fingerprint density at radius 2 is 1.88 bits per heavy atom. The van der Waals surface area contributed by atoms with Crippen LogP contribution in [0.1, 0.15) is 43.5 Å². The minimum Gasteiger partial charge on any atom is -0.320 e. The van der Waals surface area contributed by atoms with Crippen molar-refractivity contribution in [3.05, 3.63) is 32.1 Å². The summed E-state index contributed by atoms with van der Waals surface area (Å²) in [6.07, 6.45) is 7.69. The Hall–Kier alpha value is -1.32. The first-order valence-corrected chi connectivity index (χ1v) is 6.60. The van der Waals surface area contributed by atoms with E-state index in [1.54, 1.807) is 4.57 Å². The van der Waals surface area contributed by atoms with Crippen LogP contribution in [0.5, 0.6) is 0 Å². The van der Waals surface area contributed by atoms with Crippen LogP contribution in [0.4, 0.5) is 0 Å². The molecule has 0 radical (unpaired) electrons. The minimum atomic E-state index is -0.439. The Bertz CT molecular complexity index is 537. The van der Waals surface area contributed by atoms with Crippen LogP contribution >= 0.6 is 0 Å². The predicted molar refractivity (Wildman–Crippen MR) is 65.3 cm³/mol. The van der Waals surface area contributed by atoms with Crippen LogP contribution in [-0.2, 0) is 19.4 Å². The first-order valence-electron chi connectivity index (χ1n) is 6.60. The van der Waals surface area contributed by atoms with Crippen molar-refractivity contribution in [3.63, 3.8) is 0 Å². The first kappa shape index (κ1) is 10.8. The van der Waals surface area contributed by atoms with Gasteiger partial charge in [-0.2, -0.15) is 0 Å². The molecular weight excluding hydrogens is 216 g/mol. The molecule has 1 saturated carbocycles. The molecule has 1 aromatic rings. The summed E-state index contributed by atoms with van der Waals surface area (Å²) in [5, 5.41) is 0. The zero-order chi connectivity index (χ0) is 11.8. The Balaban J connectivity index is 2.11. The van der Waals surface area contributed by atoms with E-state index in [9.17, 15) is 9.59 Å². The fourth-order valence-corrected chi connectivity index (χ4v) is 2.69. The van der Waals surface area contributed by atoms with E-state index in [-0.39, 0.29) is 5.56 Å². The molecular formula is C13H18N2O2. The second-order valence-electron chi connectivity index (χ2n) is 5.30. The molecule has 0 unspecified atom stereocenters. The molecule has 4 nitrogen and oxygen atoms in total. The van der Waals surface area contributed by atoms with Gasteiger partial charge < -0.3 is 9.55 Å². The third-order valence-corrected chi connectivity index (χ3v) is 3.86. The first-order chi connectivity index (χ1) is 8.25. The highest BCUT2D eigenvalue weighted by atomic mass is 16.2. The van der Waals surface area contributed by atoms with E-state index in [0.29, 0.717) is 5.92 Å². The van der Waals surface area contributed by atoms with E-state index in [4.69, 9.17) is 0 Å². The highest BCUT2D eigenvalue weighted by Gasteiger charge is 2.25. The number of hydrogen-bond donors (Lipinski definition) is 1. The molecule has 0 atom stereocenters. The van der Waals surface area contributed by atoms with Gasteiger partial charge in [-0.15, -0.1) is 0 Å². The molecule has 0 bridgehead atoms. The molecule has 1 aromatic heterocycles. The van der Waals surface area contributed by atoms with E-state index in [2.05, 4.69) is 4.98 Å². The number of hydrogen-bond acceptors (Lipinski definition) is 2. The molecule has 1 N–H and O–H groups in total. The third-order valence-electron chi connectivity index (χ3n) is 3.86. The summed E-state index contributed by atoms with van der Waals surface area (Å²) in [4.78, 5) is 26.4. The predicted octanol–water partition coefficient (Wildman–Crippen LogP) is 1.22. The molecule has 0 spiro atoms. The molecule has 0 aliphatic heterocycles. The summed E-state index contributed by atoms with van der Waals surface area (Å²) in [5.74, 6) is 0.627. The maximum Gasteiger partial charge on any atom is 0.316 e. The van der Waals surface area contributed by atoms with Crippen LogP contribution in [0, 0.1) is 5.92 Å². The van der Waals surface area contributed by atoms with E-state index >= 15 is 0 Å². The van der Waals surface area contributed by atoms with E-state index in [0.717, 1.165) is 43.6 Å². The van der Waals surface area contributed by atoms with Crippen molar-refractivity contribution in [2.45, 2.75) is 51.5 Å². The molecule has 2 aliphatic carbocycles. The molecule has 1 fully saturated rings. The van der Waals surface area contributed by atoms with Crippen LogP contribution in [0.25, 0.3) is 0 Å². The zero-order valence-corrected chi connectivity index (χ0v) is 10.00. The summed E-state index contributed by atoms with van der Waals surface area (Å²) < 4.78 is 1.76. The molecule has 3 rings (SSSR count). The fourth-order valence-electron chi connectivity index (χ4n) is 2.69. The van der Waals surface area contributed by atoms with Gasteiger partial charge in [0.1, 0.15) is 0 Å². The second kappa shape index (κ2) is 4.17. The number of aromatic nitrogens is 2. The number of rotatable bonds is 2. The zero-order valence-electron chi connectivity index (χ0n) is 10.00. The van der Waals surface area contributed by atoms with Gasteiger partial charge in [0, 0.05) is 17.9 Å². The lowest BCUT2D eigenvalue weighted by atomic mass is 10.2. The van der Waals surface area contributed by atoms with Crippen LogP contribution in [0.15, 0.2) is 9.59 Å². The number of nitrogens with one attached hydrogen (secondary N) is 1. The molecule has 1 heterocycles. The lowest BCUT2D eigenvalue weighted by molar-refractivity contribution is 0.560. The van der Waals surface area contributed by atoms with Gasteiger partial charge in [0.05, 0.1) is 0 Å². The van der Waals surface area contributed by atoms with Gasteiger partial charge in [-0.05, 0) is 44.4 Å². The van der Waals surface area contributed by atoms with Crippen molar-refractivity contribution in [2.75, 3.05) is 0 Å². The van der Waals surface area contributed by atoms with Gasteiger partial charge in [-0.25, -0.2) is 0 Å². The summed E-state index contributed by atoms with van der Waals surface area (Å²) in [6, 6.07) is 0. The van der Waals surface area contributed by atoms with E-state index in [1.807, 2.05) is 0 Å². The Morgan fingerprint density at radius 3 is 2.65 bits per heavy atom. The van der Waals surface area contributed by atoms with Crippen molar-refractivity contribution >= 4 is 0 Å². The fraction of sp³-hybridized carbons (Fsp3) is 0.692. The van der Waals surface area contributed by atoms with Crippen LogP contribution in [-0.4, -0.2) is 9.55 Å². The topological polar surface area (TPSA) is 54.9 Å². The maximum absolute atomic E-state index is 11.9. The molecule has 2 aliphatic rings. The third kappa shape index (κ3) is 2.08. The van der Waals surface area contributed by atoms with Crippen LogP contribution in [0.3, 0.4) is 0 Å². The SMILES string of the molecule is O=c1[nH]c2c(n(CC3CC3)c1=O)CCCCC2. The lowest BCUT2D eigenvalue weighted by Gasteiger charge is -2.14. The van der Waals surface area contributed by atoms with Gasteiger partial charge in [0.25, 0.3) is 0 Å². The maximum atomic E-state index is 11.9. The highest BCUT2D eigenvalue weighted by molar-refractivity contribution is 5.15. The minimum absolute atomic E-state index is 0.349. The van der Waals surface area contributed by atoms with Crippen molar-refractivity contribution in [1.29, 1.82) is 0 Å². The van der Waals surface area contributed by atoms with Gasteiger partial charge in [-0.3, -0.25) is 9.59 Å². The molecule has 0 aromatic carbocycles. The van der Waals surface area contributed by atoms with Crippen molar-refractivity contribution in [2.24, 2.45) is 5.92 Å². The number of nitrogens with zero attached hydrogens (tertiary/aromatic N) is 1. The molecule has 4 heteroatoms. The second-order valence-corrected chi connectivity index (χ2v) is 5.30. The molecule has 0 amide bonds. The Morgan fingerprint density at radius 1 is 1.12 bits per heavy atom. The summed E-state index contributed by atoms with van der Waals surface area (Å²) in [5.41, 5.74) is 1.32. The van der Waals surface area contributed by atoms with Crippen molar-refractivity contribution < 1.29 is 0 Å². The average Bonchev–Trinajstić information content (AvgIpc) is 3.11. The largest absolute Gasteiger partial charge is 0.320 e. The van der Waals surface area contributed by atoms with Gasteiger partial charge in [0.2, 0.25) is 0 Å². The van der Waals surface area contributed by atoms with Crippen LogP contribution < -0.4 is 11.1 Å². The monoisotopic (exact) mass is 234 g/mol. The Kier molecular flexibility index (Phi) is 2.65. The Labute approximate surface area is 99.7 Å². The number of fused-ring (bicyclic) bond motifs is 1. The quantitative estimate of drug-likeness (QED) is 0.618. The standard InChI is InChI=1S/C13H18N2O2/c16-12-13(17)15(8-9-6-7-9)11-5-3-1-2-4-10(11)14-12/h9H,1-8H2,(H,14,16). The van der Waals surface area contributed by atoms with E-state index in [1.165, 1.54) is 19.3 Å². The number of H-pyrrole nitrogens is 1. The summed E-state index contributed by atoms with van der Waals surface area (Å²) in [6.45, 7) is 0.755. The van der Waals surface area contributed by atoms with Gasteiger partial charge in [-0.1, -0.05) is 6.42 Å².